The van der Waals surface area contributed by atoms with Crippen molar-refractivity contribution in [1.29, 1.82) is 0 Å². The van der Waals surface area contributed by atoms with Crippen LogP contribution in [0.1, 0.15) is 27.7 Å². The number of benzene rings is 5. The van der Waals surface area contributed by atoms with E-state index in [4.69, 9.17) is 9.31 Å². The standard InChI is InChI=1S/C28H25BO2/c1-27(2)28(3,4)31-29(30-27)21-14-11-19-12-16-24-23(25(19)17-21)15-13-20-10-9-18-7-5-6-8-22(18)26(20)24/h5-17H,1-4H3. The lowest BCUT2D eigenvalue weighted by Gasteiger charge is -2.32. The first-order chi connectivity index (χ1) is 14.8. The Hall–Kier alpha value is -2.88. The minimum Gasteiger partial charge on any atom is -0.399 e. The second kappa shape index (κ2) is 6.32. The molecule has 0 radical (unpaired) electrons. The van der Waals surface area contributed by atoms with Gasteiger partial charge in [0.1, 0.15) is 0 Å². The van der Waals surface area contributed by atoms with Gasteiger partial charge in [-0.3, -0.25) is 0 Å². The van der Waals surface area contributed by atoms with E-state index in [1.807, 2.05) is 0 Å². The maximum Gasteiger partial charge on any atom is 0.494 e. The summed E-state index contributed by atoms with van der Waals surface area (Å²) in [7, 11) is -0.356. The lowest BCUT2D eigenvalue weighted by Crippen LogP contribution is -2.41. The zero-order valence-corrected chi connectivity index (χ0v) is 18.4. The van der Waals surface area contributed by atoms with E-state index in [0.29, 0.717) is 0 Å². The molecule has 5 aromatic carbocycles. The Labute approximate surface area is 182 Å². The highest BCUT2D eigenvalue weighted by Crippen LogP contribution is 2.38. The third-order valence-electron chi connectivity index (χ3n) is 7.27. The highest BCUT2D eigenvalue weighted by Gasteiger charge is 2.51. The minimum atomic E-state index is -0.356. The predicted octanol–water partition coefficient (Wildman–Crippen LogP) is 6.60. The number of rotatable bonds is 1. The van der Waals surface area contributed by atoms with Gasteiger partial charge in [0, 0.05) is 0 Å². The van der Waals surface area contributed by atoms with E-state index in [1.165, 1.54) is 43.1 Å². The Morgan fingerprint density at radius 1 is 0.548 bits per heavy atom. The van der Waals surface area contributed by atoms with Crippen molar-refractivity contribution in [2.45, 2.75) is 38.9 Å². The molecule has 0 saturated carbocycles. The predicted molar refractivity (Wildman–Crippen MR) is 132 cm³/mol. The van der Waals surface area contributed by atoms with Crippen LogP contribution in [0.3, 0.4) is 0 Å². The largest absolute Gasteiger partial charge is 0.494 e. The summed E-state index contributed by atoms with van der Waals surface area (Å²) < 4.78 is 12.6. The Kier molecular flexibility index (Phi) is 3.84. The van der Waals surface area contributed by atoms with Gasteiger partial charge in [-0.25, -0.2) is 0 Å². The van der Waals surface area contributed by atoms with Crippen molar-refractivity contribution < 1.29 is 9.31 Å². The van der Waals surface area contributed by atoms with E-state index >= 15 is 0 Å². The zero-order chi connectivity index (χ0) is 21.4. The van der Waals surface area contributed by atoms with E-state index in [-0.39, 0.29) is 18.3 Å². The molecule has 31 heavy (non-hydrogen) atoms. The smallest absolute Gasteiger partial charge is 0.399 e. The van der Waals surface area contributed by atoms with Crippen LogP contribution in [-0.4, -0.2) is 18.3 Å². The van der Waals surface area contributed by atoms with E-state index in [2.05, 4.69) is 107 Å². The number of hydrogen-bond acceptors (Lipinski definition) is 2. The van der Waals surface area contributed by atoms with Crippen molar-refractivity contribution in [2.75, 3.05) is 0 Å². The van der Waals surface area contributed by atoms with Crippen LogP contribution >= 0.6 is 0 Å². The van der Waals surface area contributed by atoms with Crippen LogP contribution in [-0.2, 0) is 9.31 Å². The van der Waals surface area contributed by atoms with Crippen LogP contribution in [0.2, 0.25) is 0 Å². The van der Waals surface area contributed by atoms with Gasteiger partial charge in [0.15, 0.2) is 0 Å². The van der Waals surface area contributed by atoms with Crippen LogP contribution in [0.25, 0.3) is 43.1 Å². The van der Waals surface area contributed by atoms with E-state index in [9.17, 15) is 0 Å². The van der Waals surface area contributed by atoms with Gasteiger partial charge in [-0.1, -0.05) is 78.9 Å². The van der Waals surface area contributed by atoms with Crippen molar-refractivity contribution in [1.82, 2.24) is 0 Å². The molecule has 5 aromatic rings. The summed E-state index contributed by atoms with van der Waals surface area (Å²) in [6, 6.07) is 28.6. The third kappa shape index (κ3) is 2.73. The molecule has 0 N–H and O–H groups in total. The average molecular weight is 404 g/mol. The van der Waals surface area contributed by atoms with Crippen molar-refractivity contribution in [3.05, 3.63) is 78.9 Å². The molecule has 0 aromatic heterocycles. The molecule has 0 aliphatic carbocycles. The molecule has 1 aliphatic heterocycles. The highest BCUT2D eigenvalue weighted by molar-refractivity contribution is 6.62. The molecule has 0 unspecified atom stereocenters. The summed E-state index contributed by atoms with van der Waals surface area (Å²) in [5.74, 6) is 0. The summed E-state index contributed by atoms with van der Waals surface area (Å²) in [4.78, 5) is 0. The van der Waals surface area contributed by atoms with E-state index in [0.717, 1.165) is 5.46 Å². The van der Waals surface area contributed by atoms with Gasteiger partial charge in [0.25, 0.3) is 0 Å². The van der Waals surface area contributed by atoms with Gasteiger partial charge in [0.05, 0.1) is 11.2 Å². The van der Waals surface area contributed by atoms with Crippen molar-refractivity contribution in [2.24, 2.45) is 0 Å². The molecule has 0 spiro atoms. The van der Waals surface area contributed by atoms with Gasteiger partial charge in [-0.15, -0.1) is 0 Å². The second-order valence-electron chi connectivity index (χ2n) is 9.68. The summed E-state index contributed by atoms with van der Waals surface area (Å²) in [5.41, 5.74) is 0.373. The summed E-state index contributed by atoms with van der Waals surface area (Å²) >= 11 is 0. The third-order valence-corrected chi connectivity index (χ3v) is 7.27. The van der Waals surface area contributed by atoms with Crippen molar-refractivity contribution >= 4 is 55.7 Å². The average Bonchev–Trinajstić information content (AvgIpc) is 2.99. The lowest BCUT2D eigenvalue weighted by atomic mass is 9.77. The molecule has 0 amide bonds. The van der Waals surface area contributed by atoms with Gasteiger partial charge < -0.3 is 9.31 Å². The zero-order valence-electron chi connectivity index (χ0n) is 18.4. The fraction of sp³-hybridized carbons (Fsp3) is 0.214. The molecular formula is C28H25BO2. The molecule has 3 heteroatoms. The Balaban J connectivity index is 1.61. The molecule has 152 valence electrons. The Morgan fingerprint density at radius 3 is 1.94 bits per heavy atom. The maximum atomic E-state index is 6.32. The van der Waals surface area contributed by atoms with Crippen LogP contribution in [0, 0.1) is 0 Å². The molecule has 1 fully saturated rings. The molecule has 1 heterocycles. The molecule has 0 atom stereocenters. The van der Waals surface area contributed by atoms with Crippen LogP contribution in [0.15, 0.2) is 78.9 Å². The Morgan fingerprint density at radius 2 is 1.13 bits per heavy atom. The summed E-state index contributed by atoms with van der Waals surface area (Å²) in [6.45, 7) is 8.39. The quantitative estimate of drug-likeness (QED) is 0.232. The monoisotopic (exact) mass is 404 g/mol. The number of hydrogen-bond donors (Lipinski definition) is 0. The fourth-order valence-electron chi connectivity index (χ4n) is 4.78. The molecule has 1 aliphatic rings. The van der Waals surface area contributed by atoms with Crippen LogP contribution < -0.4 is 5.46 Å². The van der Waals surface area contributed by atoms with Gasteiger partial charge >= 0.3 is 7.12 Å². The van der Waals surface area contributed by atoms with E-state index in [1.54, 1.807) is 0 Å². The van der Waals surface area contributed by atoms with Gasteiger partial charge in [0.2, 0.25) is 0 Å². The van der Waals surface area contributed by atoms with Gasteiger partial charge in [-0.2, -0.15) is 0 Å². The Bertz CT molecular complexity index is 1480. The van der Waals surface area contributed by atoms with E-state index < -0.39 is 0 Å². The summed E-state index contributed by atoms with van der Waals surface area (Å²) in [5, 5.41) is 10.2. The first-order valence-electron chi connectivity index (χ1n) is 11.0. The molecular weight excluding hydrogens is 379 g/mol. The molecule has 0 bridgehead atoms. The van der Waals surface area contributed by atoms with Crippen LogP contribution in [0.4, 0.5) is 0 Å². The molecule has 1 saturated heterocycles. The van der Waals surface area contributed by atoms with Crippen molar-refractivity contribution in [3.8, 4) is 0 Å². The maximum absolute atomic E-state index is 6.32. The second-order valence-corrected chi connectivity index (χ2v) is 9.68. The number of fused-ring (bicyclic) bond motifs is 7. The molecule has 6 rings (SSSR count). The topological polar surface area (TPSA) is 18.5 Å². The first-order valence-corrected chi connectivity index (χ1v) is 11.0. The minimum absolute atomic E-state index is 0.347. The first kappa shape index (κ1) is 18.9. The molecule has 2 nitrogen and oxygen atoms in total. The SMILES string of the molecule is CC1(C)OB(c2ccc3ccc4c(ccc5ccc6ccccc6c54)c3c2)OC1(C)C. The van der Waals surface area contributed by atoms with Crippen molar-refractivity contribution in [3.63, 3.8) is 0 Å². The lowest BCUT2D eigenvalue weighted by molar-refractivity contribution is 0.00578. The van der Waals surface area contributed by atoms with Gasteiger partial charge in [-0.05, 0) is 76.2 Å². The highest BCUT2D eigenvalue weighted by atomic mass is 16.7. The summed E-state index contributed by atoms with van der Waals surface area (Å²) in [6.07, 6.45) is 0. The normalized spacial score (nSPS) is 17.9. The van der Waals surface area contributed by atoms with Crippen LogP contribution in [0.5, 0.6) is 0 Å². The fourth-order valence-corrected chi connectivity index (χ4v) is 4.78.